The van der Waals surface area contributed by atoms with Gasteiger partial charge in [0.25, 0.3) is 5.91 Å². The summed E-state index contributed by atoms with van der Waals surface area (Å²) in [6.07, 6.45) is 3.39. The Kier molecular flexibility index (Phi) is 5.24. The van der Waals surface area contributed by atoms with Crippen molar-refractivity contribution in [2.75, 3.05) is 0 Å². The van der Waals surface area contributed by atoms with Crippen LogP contribution < -0.4 is 5.32 Å². The number of benzene rings is 1. The molecule has 5 aromatic rings. The van der Waals surface area contributed by atoms with Crippen LogP contribution in [0.4, 0.5) is 0 Å². The van der Waals surface area contributed by atoms with Crippen molar-refractivity contribution in [3.8, 4) is 22.6 Å². The highest BCUT2D eigenvalue weighted by Gasteiger charge is 2.17. The lowest BCUT2D eigenvalue weighted by Crippen LogP contribution is -2.23. The van der Waals surface area contributed by atoms with Gasteiger partial charge < -0.3 is 10.3 Å². The van der Waals surface area contributed by atoms with Gasteiger partial charge in [0.15, 0.2) is 5.65 Å². The predicted octanol–water partition coefficient (Wildman–Crippen LogP) is 4.18. The molecule has 4 heterocycles. The number of pyridine rings is 2. The first-order valence-corrected chi connectivity index (χ1v) is 10.7. The van der Waals surface area contributed by atoms with Gasteiger partial charge in [-0.25, -0.2) is 14.5 Å². The number of aryl methyl sites for hydroxylation is 1. The molecule has 0 fully saturated rings. The first kappa shape index (κ1) is 20.1. The van der Waals surface area contributed by atoms with Crippen molar-refractivity contribution in [3.05, 3.63) is 88.7 Å². The minimum absolute atomic E-state index is 0.172. The van der Waals surface area contributed by atoms with Crippen LogP contribution in [-0.2, 0) is 6.54 Å². The highest BCUT2D eigenvalue weighted by molar-refractivity contribution is 9.10. The highest BCUT2D eigenvalue weighted by atomic mass is 79.9. The number of H-pyrrole nitrogens is 1. The normalized spacial score (nSPS) is 11.1. The molecule has 0 radical (unpaired) electrons. The Morgan fingerprint density at radius 1 is 1.09 bits per heavy atom. The second-order valence-electron chi connectivity index (χ2n) is 7.24. The molecule has 0 aliphatic carbocycles. The third kappa shape index (κ3) is 4.02. The van der Waals surface area contributed by atoms with Crippen molar-refractivity contribution in [1.29, 1.82) is 0 Å². The zero-order chi connectivity index (χ0) is 22.1. The van der Waals surface area contributed by atoms with Crippen molar-refractivity contribution in [3.63, 3.8) is 0 Å². The maximum atomic E-state index is 12.5. The van der Waals surface area contributed by atoms with Crippen LogP contribution in [0.5, 0.6) is 0 Å². The molecule has 0 aliphatic rings. The lowest BCUT2D eigenvalue weighted by molar-refractivity contribution is 0.0950. The van der Waals surface area contributed by atoms with Gasteiger partial charge in [-0.2, -0.15) is 5.10 Å². The Balaban J connectivity index is 1.49. The van der Waals surface area contributed by atoms with Crippen LogP contribution >= 0.6 is 15.9 Å². The number of aromatic amines is 1. The van der Waals surface area contributed by atoms with Crippen molar-refractivity contribution < 1.29 is 4.79 Å². The third-order valence-corrected chi connectivity index (χ3v) is 5.50. The summed E-state index contributed by atoms with van der Waals surface area (Å²) in [5.41, 5.74) is 5.38. The van der Waals surface area contributed by atoms with E-state index < -0.39 is 0 Å². The fourth-order valence-electron chi connectivity index (χ4n) is 3.41. The topological polar surface area (TPSA) is 101 Å². The summed E-state index contributed by atoms with van der Waals surface area (Å²) in [4.78, 5) is 29.5. The fourth-order valence-corrected chi connectivity index (χ4v) is 3.67. The Bertz CT molecular complexity index is 1420. The molecule has 0 saturated heterocycles. The Labute approximate surface area is 191 Å². The molecule has 5 rings (SSSR count). The average Bonchev–Trinajstić information content (AvgIpc) is 3.44. The summed E-state index contributed by atoms with van der Waals surface area (Å²) in [6, 6.07) is 16.9. The van der Waals surface area contributed by atoms with Gasteiger partial charge in [-0.1, -0.05) is 22.0 Å². The molecule has 1 amide bonds. The lowest BCUT2D eigenvalue weighted by atomic mass is 10.1. The van der Waals surface area contributed by atoms with E-state index in [1.807, 2.05) is 55.6 Å². The monoisotopic (exact) mass is 487 g/mol. The lowest BCUT2D eigenvalue weighted by Gasteiger charge is -2.04. The number of rotatable bonds is 5. The molecule has 0 aliphatic heterocycles. The molecule has 32 heavy (non-hydrogen) atoms. The van der Waals surface area contributed by atoms with E-state index in [2.05, 4.69) is 41.3 Å². The molecule has 4 aromatic heterocycles. The van der Waals surface area contributed by atoms with Crippen LogP contribution in [0, 0.1) is 6.92 Å². The summed E-state index contributed by atoms with van der Waals surface area (Å²) in [6.45, 7) is 2.19. The Morgan fingerprint density at radius 3 is 2.75 bits per heavy atom. The molecule has 8 nitrogen and oxygen atoms in total. The minimum Gasteiger partial charge on any atom is -0.345 e. The Morgan fingerprint density at radius 2 is 1.94 bits per heavy atom. The van der Waals surface area contributed by atoms with Crippen LogP contribution in [-0.4, -0.2) is 35.5 Å². The number of amides is 1. The Hall–Kier alpha value is -3.85. The SMILES string of the molecule is Cc1cccc(-c2[nH]c(CNC(=O)c3ccc(Br)cc3)nc2-c2ccc3ncnn3c2)n1. The number of carbonyl (C=O) groups excluding carboxylic acids is 1. The van der Waals surface area contributed by atoms with Crippen LogP contribution in [0.15, 0.2) is 71.6 Å². The van der Waals surface area contributed by atoms with E-state index in [9.17, 15) is 4.79 Å². The van der Waals surface area contributed by atoms with Gasteiger partial charge in [-0.05, 0) is 55.5 Å². The molecule has 2 N–H and O–H groups in total. The molecule has 0 unspecified atom stereocenters. The van der Waals surface area contributed by atoms with Crippen LogP contribution in [0.1, 0.15) is 21.9 Å². The number of fused-ring (bicyclic) bond motifs is 1. The molecule has 0 spiro atoms. The summed E-state index contributed by atoms with van der Waals surface area (Å²) < 4.78 is 2.62. The van der Waals surface area contributed by atoms with Crippen LogP contribution in [0.25, 0.3) is 28.3 Å². The van der Waals surface area contributed by atoms with E-state index in [1.54, 1.807) is 16.6 Å². The first-order valence-electron chi connectivity index (χ1n) is 9.93. The number of nitrogens with zero attached hydrogens (tertiary/aromatic N) is 5. The maximum Gasteiger partial charge on any atom is 0.251 e. The van der Waals surface area contributed by atoms with Crippen LogP contribution in [0.2, 0.25) is 0 Å². The smallest absolute Gasteiger partial charge is 0.251 e. The van der Waals surface area contributed by atoms with E-state index in [-0.39, 0.29) is 12.5 Å². The number of aromatic nitrogens is 6. The highest BCUT2D eigenvalue weighted by Crippen LogP contribution is 2.29. The maximum absolute atomic E-state index is 12.5. The number of nitrogens with one attached hydrogen (secondary N) is 2. The van der Waals surface area contributed by atoms with E-state index in [1.165, 1.54) is 6.33 Å². The molecule has 0 bridgehead atoms. The molecule has 9 heteroatoms. The second-order valence-corrected chi connectivity index (χ2v) is 8.16. The summed E-state index contributed by atoms with van der Waals surface area (Å²) >= 11 is 3.38. The fraction of sp³-hybridized carbons (Fsp3) is 0.0870. The molecule has 1 aromatic carbocycles. The number of imidazole rings is 1. The van der Waals surface area contributed by atoms with Crippen molar-refractivity contribution in [2.24, 2.45) is 0 Å². The van der Waals surface area contributed by atoms with Crippen molar-refractivity contribution in [2.45, 2.75) is 13.5 Å². The van der Waals surface area contributed by atoms with E-state index in [0.717, 1.165) is 38.5 Å². The molecular weight excluding hydrogens is 470 g/mol. The summed E-state index contributed by atoms with van der Waals surface area (Å²) in [5.74, 6) is 0.456. The predicted molar refractivity (Wildman–Crippen MR) is 124 cm³/mol. The van der Waals surface area contributed by atoms with Gasteiger partial charge in [0.1, 0.15) is 12.2 Å². The molecule has 0 saturated carbocycles. The van der Waals surface area contributed by atoms with Gasteiger partial charge in [-0.3, -0.25) is 9.78 Å². The zero-order valence-electron chi connectivity index (χ0n) is 17.1. The minimum atomic E-state index is -0.172. The van der Waals surface area contributed by atoms with E-state index >= 15 is 0 Å². The first-order chi connectivity index (χ1) is 15.6. The number of carbonyl (C=O) groups is 1. The number of hydrogen-bond acceptors (Lipinski definition) is 5. The number of hydrogen-bond donors (Lipinski definition) is 2. The van der Waals surface area contributed by atoms with Gasteiger partial charge >= 0.3 is 0 Å². The number of halogens is 1. The molecule has 0 atom stereocenters. The van der Waals surface area contributed by atoms with Gasteiger partial charge in [-0.15, -0.1) is 0 Å². The van der Waals surface area contributed by atoms with Gasteiger partial charge in [0, 0.05) is 27.5 Å². The van der Waals surface area contributed by atoms with Crippen LogP contribution in [0.3, 0.4) is 0 Å². The molecule has 158 valence electrons. The van der Waals surface area contributed by atoms with Gasteiger partial charge in [0.05, 0.1) is 23.6 Å². The standard InChI is InChI=1S/C23H18BrN7O/c1-14-3-2-4-18(28-14)22-21(16-7-10-20-26-13-27-31(20)12-16)29-19(30-22)11-25-23(32)15-5-8-17(24)9-6-15/h2-10,12-13H,11H2,1H3,(H,25,32)(H,29,30). The van der Waals surface area contributed by atoms with Crippen molar-refractivity contribution >= 4 is 27.5 Å². The third-order valence-electron chi connectivity index (χ3n) is 4.97. The van der Waals surface area contributed by atoms with Gasteiger partial charge in [0.2, 0.25) is 0 Å². The second kappa shape index (κ2) is 8.35. The quantitative estimate of drug-likeness (QED) is 0.387. The van der Waals surface area contributed by atoms with E-state index in [0.29, 0.717) is 11.4 Å². The zero-order valence-corrected chi connectivity index (χ0v) is 18.7. The summed E-state index contributed by atoms with van der Waals surface area (Å²) in [7, 11) is 0. The molecular formula is C23H18BrN7O. The van der Waals surface area contributed by atoms with E-state index in [4.69, 9.17) is 4.98 Å². The summed E-state index contributed by atoms with van der Waals surface area (Å²) in [5, 5.41) is 7.14. The largest absolute Gasteiger partial charge is 0.345 e. The van der Waals surface area contributed by atoms with Crippen molar-refractivity contribution in [1.82, 2.24) is 34.9 Å². The average molecular weight is 488 g/mol.